The van der Waals surface area contributed by atoms with E-state index in [1.54, 1.807) is 12.4 Å². The van der Waals surface area contributed by atoms with Gasteiger partial charge in [-0.15, -0.1) is 0 Å². The van der Waals surface area contributed by atoms with E-state index in [4.69, 9.17) is 0 Å². The van der Waals surface area contributed by atoms with Crippen LogP contribution in [-0.4, -0.2) is 10.9 Å². The van der Waals surface area contributed by atoms with Gasteiger partial charge in [0.1, 0.15) is 0 Å². The molecule has 0 radical (unpaired) electrons. The summed E-state index contributed by atoms with van der Waals surface area (Å²) in [6.45, 7) is 2.51. The lowest BCUT2D eigenvalue weighted by Crippen LogP contribution is -2.23. The van der Waals surface area contributed by atoms with Crippen LogP contribution in [0.25, 0.3) is 0 Å². The van der Waals surface area contributed by atoms with E-state index in [1.807, 2.05) is 37.3 Å². The first-order valence-electron chi connectivity index (χ1n) is 5.60. The SMILES string of the molecule is Cc1cnccc1CNC(=O)c1ccc(I)cc1. The molecule has 1 aromatic heterocycles. The third kappa shape index (κ3) is 3.29. The monoisotopic (exact) mass is 352 g/mol. The Morgan fingerprint density at radius 1 is 1.28 bits per heavy atom. The van der Waals surface area contributed by atoms with Crippen LogP contribution in [-0.2, 0) is 6.54 Å². The summed E-state index contributed by atoms with van der Waals surface area (Å²) < 4.78 is 1.12. The number of carbonyl (C=O) groups excluding carboxylic acids is 1. The number of hydrogen-bond acceptors (Lipinski definition) is 2. The summed E-state index contributed by atoms with van der Waals surface area (Å²) in [6.07, 6.45) is 3.53. The molecule has 0 aliphatic rings. The average Bonchev–Trinajstić information content (AvgIpc) is 2.38. The zero-order valence-corrected chi connectivity index (χ0v) is 12.1. The molecule has 0 fully saturated rings. The molecule has 1 N–H and O–H groups in total. The second-order valence-corrected chi connectivity index (χ2v) is 5.24. The molecule has 1 aromatic carbocycles. The number of aromatic nitrogens is 1. The van der Waals surface area contributed by atoms with Gasteiger partial charge in [0.05, 0.1) is 0 Å². The van der Waals surface area contributed by atoms with E-state index in [-0.39, 0.29) is 5.91 Å². The van der Waals surface area contributed by atoms with Gasteiger partial charge in [-0.1, -0.05) is 0 Å². The summed E-state index contributed by atoms with van der Waals surface area (Å²) in [6, 6.07) is 9.43. The van der Waals surface area contributed by atoms with Gasteiger partial charge in [0, 0.05) is 28.1 Å². The minimum absolute atomic E-state index is 0.0531. The molecule has 0 saturated heterocycles. The van der Waals surface area contributed by atoms with Crippen LogP contribution in [0, 0.1) is 10.5 Å². The first-order valence-corrected chi connectivity index (χ1v) is 6.68. The highest BCUT2D eigenvalue weighted by molar-refractivity contribution is 14.1. The highest BCUT2D eigenvalue weighted by Gasteiger charge is 2.05. The maximum absolute atomic E-state index is 11.9. The number of aryl methyl sites for hydroxylation is 1. The van der Waals surface area contributed by atoms with Gasteiger partial charge in [-0.25, -0.2) is 0 Å². The van der Waals surface area contributed by atoms with Gasteiger partial charge in [-0.05, 0) is 71.0 Å². The average molecular weight is 352 g/mol. The Morgan fingerprint density at radius 2 is 2.00 bits per heavy atom. The number of nitrogens with zero attached hydrogens (tertiary/aromatic N) is 1. The molecule has 1 heterocycles. The van der Waals surface area contributed by atoms with Gasteiger partial charge in [-0.2, -0.15) is 0 Å². The summed E-state index contributed by atoms with van der Waals surface area (Å²) in [4.78, 5) is 15.9. The Hall–Kier alpha value is -1.43. The molecule has 4 heteroatoms. The van der Waals surface area contributed by atoms with Crippen LogP contribution in [0.4, 0.5) is 0 Å². The molecule has 18 heavy (non-hydrogen) atoms. The summed E-state index contributed by atoms with van der Waals surface area (Å²) >= 11 is 2.22. The number of pyridine rings is 1. The molecule has 0 unspecified atom stereocenters. The number of rotatable bonds is 3. The van der Waals surface area contributed by atoms with E-state index >= 15 is 0 Å². The van der Waals surface area contributed by atoms with E-state index in [2.05, 4.69) is 32.9 Å². The third-order valence-electron chi connectivity index (χ3n) is 2.68. The van der Waals surface area contributed by atoms with Crippen LogP contribution in [0.15, 0.2) is 42.7 Å². The van der Waals surface area contributed by atoms with Crippen molar-refractivity contribution in [1.82, 2.24) is 10.3 Å². The smallest absolute Gasteiger partial charge is 0.251 e. The topological polar surface area (TPSA) is 42.0 Å². The fourth-order valence-corrected chi connectivity index (χ4v) is 1.94. The second kappa shape index (κ2) is 5.95. The zero-order valence-electron chi connectivity index (χ0n) is 9.98. The van der Waals surface area contributed by atoms with Crippen molar-refractivity contribution in [3.8, 4) is 0 Å². The fourth-order valence-electron chi connectivity index (χ4n) is 1.58. The Morgan fingerprint density at radius 3 is 2.67 bits per heavy atom. The number of halogens is 1. The summed E-state index contributed by atoms with van der Waals surface area (Å²) in [5, 5.41) is 2.91. The number of benzene rings is 1. The lowest BCUT2D eigenvalue weighted by atomic mass is 10.1. The van der Waals surface area contributed by atoms with E-state index in [0.717, 1.165) is 14.7 Å². The standard InChI is InChI=1S/C14H13IN2O/c1-10-8-16-7-6-12(10)9-17-14(18)11-2-4-13(15)5-3-11/h2-8H,9H2,1H3,(H,17,18). The normalized spacial score (nSPS) is 10.1. The van der Waals surface area contributed by atoms with Crippen molar-refractivity contribution < 1.29 is 4.79 Å². The van der Waals surface area contributed by atoms with Crippen molar-refractivity contribution in [1.29, 1.82) is 0 Å². The Bertz CT molecular complexity index is 552. The highest BCUT2D eigenvalue weighted by atomic mass is 127. The highest BCUT2D eigenvalue weighted by Crippen LogP contribution is 2.08. The molecule has 0 aliphatic carbocycles. The molecule has 0 atom stereocenters. The molecule has 1 amide bonds. The van der Waals surface area contributed by atoms with Crippen molar-refractivity contribution in [3.05, 3.63) is 63.0 Å². The van der Waals surface area contributed by atoms with Crippen molar-refractivity contribution >= 4 is 28.5 Å². The molecular weight excluding hydrogens is 339 g/mol. The maximum atomic E-state index is 11.9. The van der Waals surface area contributed by atoms with Gasteiger partial charge in [0.2, 0.25) is 0 Å². The number of hydrogen-bond donors (Lipinski definition) is 1. The minimum Gasteiger partial charge on any atom is -0.348 e. The van der Waals surface area contributed by atoms with Crippen LogP contribution in [0.1, 0.15) is 21.5 Å². The minimum atomic E-state index is -0.0531. The molecule has 0 spiro atoms. The van der Waals surface area contributed by atoms with Gasteiger partial charge in [-0.3, -0.25) is 9.78 Å². The molecule has 92 valence electrons. The summed E-state index contributed by atoms with van der Waals surface area (Å²) in [5.74, 6) is -0.0531. The lowest BCUT2D eigenvalue weighted by Gasteiger charge is -2.07. The van der Waals surface area contributed by atoms with Crippen LogP contribution in [0.3, 0.4) is 0 Å². The first-order chi connectivity index (χ1) is 8.66. The Balaban J connectivity index is 2.01. The van der Waals surface area contributed by atoms with E-state index in [1.165, 1.54) is 0 Å². The van der Waals surface area contributed by atoms with Gasteiger partial charge in [0.25, 0.3) is 5.91 Å². The Kier molecular flexibility index (Phi) is 4.30. The first kappa shape index (κ1) is 13.0. The number of amides is 1. The van der Waals surface area contributed by atoms with Crippen LogP contribution in [0.2, 0.25) is 0 Å². The predicted octanol–water partition coefficient (Wildman–Crippen LogP) is 2.92. The molecule has 0 bridgehead atoms. The second-order valence-electron chi connectivity index (χ2n) is 3.99. The lowest BCUT2D eigenvalue weighted by molar-refractivity contribution is 0.0951. The van der Waals surface area contributed by atoms with Crippen LogP contribution < -0.4 is 5.32 Å². The molecule has 2 rings (SSSR count). The largest absolute Gasteiger partial charge is 0.348 e. The number of carbonyl (C=O) groups is 1. The zero-order chi connectivity index (χ0) is 13.0. The van der Waals surface area contributed by atoms with Crippen molar-refractivity contribution in [2.24, 2.45) is 0 Å². The van der Waals surface area contributed by atoms with Gasteiger partial charge >= 0.3 is 0 Å². The quantitative estimate of drug-likeness (QED) is 0.864. The molecule has 0 saturated carbocycles. The molecular formula is C14H13IN2O. The number of nitrogens with one attached hydrogen (secondary N) is 1. The fraction of sp³-hybridized carbons (Fsp3) is 0.143. The van der Waals surface area contributed by atoms with Gasteiger partial charge < -0.3 is 5.32 Å². The predicted molar refractivity (Wildman–Crippen MR) is 79.3 cm³/mol. The third-order valence-corrected chi connectivity index (χ3v) is 3.40. The summed E-state index contributed by atoms with van der Waals surface area (Å²) in [7, 11) is 0. The van der Waals surface area contributed by atoms with Crippen molar-refractivity contribution in [2.45, 2.75) is 13.5 Å². The van der Waals surface area contributed by atoms with Crippen LogP contribution in [0.5, 0.6) is 0 Å². The van der Waals surface area contributed by atoms with E-state index in [9.17, 15) is 4.79 Å². The van der Waals surface area contributed by atoms with E-state index < -0.39 is 0 Å². The Labute approximate surface area is 120 Å². The summed E-state index contributed by atoms with van der Waals surface area (Å²) in [5.41, 5.74) is 2.85. The van der Waals surface area contributed by atoms with Crippen molar-refractivity contribution in [2.75, 3.05) is 0 Å². The molecule has 0 aliphatic heterocycles. The van der Waals surface area contributed by atoms with Gasteiger partial charge in [0.15, 0.2) is 0 Å². The molecule has 2 aromatic rings. The maximum Gasteiger partial charge on any atom is 0.251 e. The van der Waals surface area contributed by atoms with E-state index in [0.29, 0.717) is 12.1 Å². The van der Waals surface area contributed by atoms with Crippen LogP contribution >= 0.6 is 22.6 Å². The van der Waals surface area contributed by atoms with Crippen molar-refractivity contribution in [3.63, 3.8) is 0 Å². The molecule has 3 nitrogen and oxygen atoms in total.